The number of para-hydroxylation sites is 1. The smallest absolute Gasteiger partial charge is 0.340 e. The van der Waals surface area contributed by atoms with Crippen LogP contribution in [-0.2, 0) is 26.6 Å². The van der Waals surface area contributed by atoms with Gasteiger partial charge in [0.2, 0.25) is 0 Å². The van der Waals surface area contributed by atoms with Gasteiger partial charge in [0, 0.05) is 24.3 Å². The van der Waals surface area contributed by atoms with Crippen LogP contribution in [0.15, 0.2) is 80.9 Å². The van der Waals surface area contributed by atoms with Gasteiger partial charge in [0.25, 0.3) is 21.5 Å². The van der Waals surface area contributed by atoms with Gasteiger partial charge in [0.05, 0.1) is 26.9 Å². The highest BCUT2D eigenvalue weighted by molar-refractivity contribution is 9.10. The summed E-state index contributed by atoms with van der Waals surface area (Å²) in [6.07, 6.45) is 0. The third-order valence-corrected chi connectivity index (χ3v) is 9.40. The molecule has 0 saturated heterocycles. The largest absolute Gasteiger partial charge is 0.452 e. The molecule has 0 aliphatic rings. The molecule has 4 rings (SSSR count). The Labute approximate surface area is 250 Å². The average molecular weight is 662 g/mol. The molecule has 4 aromatic rings. The van der Waals surface area contributed by atoms with Crippen LogP contribution in [0.3, 0.4) is 0 Å². The van der Waals surface area contributed by atoms with E-state index in [1.165, 1.54) is 23.9 Å². The number of halogens is 2. The fourth-order valence-corrected chi connectivity index (χ4v) is 5.86. The number of amides is 1. The zero-order valence-electron chi connectivity index (χ0n) is 22.5. The first kappa shape index (κ1) is 30.1. The molecule has 13 heteroatoms. The van der Waals surface area contributed by atoms with E-state index in [4.69, 9.17) is 16.3 Å². The Balaban J connectivity index is 1.56. The number of carbonyl (C=O) groups excluding carboxylic acids is 2. The second-order valence-electron chi connectivity index (χ2n) is 9.11. The summed E-state index contributed by atoms with van der Waals surface area (Å²) >= 11 is 9.57. The van der Waals surface area contributed by atoms with Gasteiger partial charge in [-0.2, -0.15) is 0 Å². The standard InChI is InChI=1S/C28H26BrClN4O6S/c1-17-14-19(10-12-23(17)29)31-25(35)16-40-28(37)22-15-21(11-13-24(22)30)41(38,39)33(4)26-18(2)32(3)34(27(26)36)20-8-6-5-7-9-20/h5-15H,16H2,1-4H3,(H,31,35). The molecule has 0 fully saturated rings. The van der Waals surface area contributed by atoms with Crippen molar-refractivity contribution in [3.8, 4) is 5.69 Å². The number of sulfonamides is 1. The third kappa shape index (κ3) is 6.09. The van der Waals surface area contributed by atoms with E-state index in [1.54, 1.807) is 67.2 Å². The maximum Gasteiger partial charge on any atom is 0.340 e. The van der Waals surface area contributed by atoms with Crippen LogP contribution in [0.4, 0.5) is 11.4 Å². The summed E-state index contributed by atoms with van der Waals surface area (Å²) in [5, 5.41) is 2.56. The SMILES string of the molecule is Cc1cc(NC(=O)COC(=O)c2cc(S(=O)(=O)N(C)c3c(C)n(C)n(-c4ccccc4)c3=O)ccc2Cl)ccc1Br. The molecular weight excluding hydrogens is 636 g/mol. The molecule has 0 atom stereocenters. The van der Waals surface area contributed by atoms with Crippen molar-refractivity contribution in [1.29, 1.82) is 0 Å². The van der Waals surface area contributed by atoms with Crippen molar-refractivity contribution in [1.82, 2.24) is 9.36 Å². The fraction of sp³-hybridized carbons (Fsp3) is 0.179. The number of aromatic nitrogens is 2. The molecule has 0 spiro atoms. The molecule has 0 saturated carbocycles. The third-order valence-electron chi connectivity index (χ3n) is 6.43. The molecule has 1 amide bonds. The van der Waals surface area contributed by atoms with Gasteiger partial charge in [-0.05, 0) is 67.9 Å². The van der Waals surface area contributed by atoms with E-state index in [2.05, 4.69) is 21.2 Å². The topological polar surface area (TPSA) is 120 Å². The highest BCUT2D eigenvalue weighted by Gasteiger charge is 2.30. The summed E-state index contributed by atoms with van der Waals surface area (Å²) in [7, 11) is -1.41. The van der Waals surface area contributed by atoms with E-state index in [9.17, 15) is 22.8 Å². The lowest BCUT2D eigenvalue weighted by Gasteiger charge is -2.19. The molecule has 0 aliphatic carbocycles. The maximum atomic E-state index is 13.6. The number of hydrogen-bond donors (Lipinski definition) is 1. The van der Waals surface area contributed by atoms with Crippen LogP contribution in [-0.4, -0.2) is 43.3 Å². The monoisotopic (exact) mass is 660 g/mol. The normalized spacial score (nSPS) is 11.3. The van der Waals surface area contributed by atoms with Gasteiger partial charge in [-0.1, -0.05) is 45.7 Å². The van der Waals surface area contributed by atoms with E-state index < -0.39 is 34.1 Å². The second kappa shape index (κ2) is 11.9. The number of nitrogens with zero attached hydrogens (tertiary/aromatic N) is 3. The molecule has 1 heterocycles. The number of aryl methyl sites for hydroxylation is 1. The number of anilines is 2. The number of ether oxygens (including phenoxy) is 1. The minimum absolute atomic E-state index is 0.0599. The molecule has 1 N–H and O–H groups in total. The lowest BCUT2D eigenvalue weighted by molar-refractivity contribution is -0.119. The van der Waals surface area contributed by atoms with Crippen LogP contribution in [0.2, 0.25) is 5.02 Å². The number of benzene rings is 3. The molecule has 3 aromatic carbocycles. The lowest BCUT2D eigenvalue weighted by Crippen LogP contribution is -2.32. The number of hydrogen-bond acceptors (Lipinski definition) is 6. The minimum Gasteiger partial charge on any atom is -0.452 e. The molecule has 0 aliphatic heterocycles. The predicted molar refractivity (Wildman–Crippen MR) is 161 cm³/mol. The summed E-state index contributed by atoms with van der Waals surface area (Å²) in [5.74, 6) is -1.58. The summed E-state index contributed by atoms with van der Waals surface area (Å²) < 4.78 is 37.0. The van der Waals surface area contributed by atoms with Crippen molar-refractivity contribution in [3.05, 3.63) is 103 Å². The van der Waals surface area contributed by atoms with E-state index in [1.807, 2.05) is 6.92 Å². The average Bonchev–Trinajstić information content (AvgIpc) is 3.16. The van der Waals surface area contributed by atoms with Crippen LogP contribution in [0, 0.1) is 13.8 Å². The Bertz CT molecular complexity index is 1820. The van der Waals surface area contributed by atoms with Gasteiger partial charge < -0.3 is 10.1 Å². The highest BCUT2D eigenvalue weighted by Crippen LogP contribution is 2.27. The maximum absolute atomic E-state index is 13.6. The van der Waals surface area contributed by atoms with E-state index >= 15 is 0 Å². The van der Waals surface area contributed by atoms with Gasteiger partial charge in [0.15, 0.2) is 6.61 Å². The van der Waals surface area contributed by atoms with Gasteiger partial charge in [-0.3, -0.25) is 18.6 Å². The summed E-state index contributed by atoms with van der Waals surface area (Å²) in [5.41, 5.74) is 1.54. The Kier molecular flexibility index (Phi) is 8.76. The van der Waals surface area contributed by atoms with E-state index in [0.717, 1.165) is 20.4 Å². The zero-order chi connectivity index (χ0) is 30.1. The Morgan fingerprint density at radius 3 is 2.39 bits per heavy atom. The second-order valence-corrected chi connectivity index (χ2v) is 12.3. The molecule has 10 nitrogen and oxygen atoms in total. The van der Waals surface area contributed by atoms with Crippen molar-refractivity contribution < 1.29 is 22.7 Å². The first-order chi connectivity index (χ1) is 19.3. The molecule has 214 valence electrons. The highest BCUT2D eigenvalue weighted by atomic mass is 79.9. The van der Waals surface area contributed by atoms with E-state index in [-0.39, 0.29) is 21.2 Å². The van der Waals surface area contributed by atoms with Gasteiger partial charge in [-0.25, -0.2) is 17.9 Å². The summed E-state index contributed by atoms with van der Waals surface area (Å²) in [6.45, 7) is 2.87. The Morgan fingerprint density at radius 2 is 1.73 bits per heavy atom. The molecule has 41 heavy (non-hydrogen) atoms. The Hall–Kier alpha value is -3.87. The van der Waals surface area contributed by atoms with Crippen molar-refractivity contribution in [2.24, 2.45) is 7.05 Å². The van der Waals surface area contributed by atoms with Crippen molar-refractivity contribution in [2.45, 2.75) is 18.7 Å². The van der Waals surface area contributed by atoms with Crippen LogP contribution < -0.4 is 15.2 Å². The molecule has 1 aromatic heterocycles. The number of nitrogens with one attached hydrogen (secondary N) is 1. The van der Waals surface area contributed by atoms with E-state index in [0.29, 0.717) is 17.1 Å². The fourth-order valence-electron chi connectivity index (χ4n) is 4.14. The van der Waals surface area contributed by atoms with Crippen molar-refractivity contribution >= 4 is 60.8 Å². The van der Waals surface area contributed by atoms with Gasteiger partial charge >= 0.3 is 5.97 Å². The molecular formula is C28H26BrClN4O6S. The van der Waals surface area contributed by atoms with Gasteiger partial charge in [0.1, 0.15) is 5.69 Å². The zero-order valence-corrected chi connectivity index (χ0v) is 25.7. The first-order valence-corrected chi connectivity index (χ1v) is 14.8. The van der Waals surface area contributed by atoms with Crippen molar-refractivity contribution in [3.63, 3.8) is 0 Å². The van der Waals surface area contributed by atoms with Crippen LogP contribution >= 0.6 is 27.5 Å². The van der Waals surface area contributed by atoms with Crippen LogP contribution in [0.1, 0.15) is 21.6 Å². The van der Waals surface area contributed by atoms with Crippen LogP contribution in [0.25, 0.3) is 5.69 Å². The first-order valence-electron chi connectivity index (χ1n) is 12.2. The lowest BCUT2D eigenvalue weighted by atomic mass is 10.2. The summed E-state index contributed by atoms with van der Waals surface area (Å²) in [4.78, 5) is 38.2. The quantitative estimate of drug-likeness (QED) is 0.270. The van der Waals surface area contributed by atoms with Crippen molar-refractivity contribution in [2.75, 3.05) is 23.3 Å². The number of carbonyl (C=O) groups is 2. The molecule has 0 bridgehead atoms. The molecule has 0 radical (unpaired) electrons. The Morgan fingerprint density at radius 1 is 1.05 bits per heavy atom. The van der Waals surface area contributed by atoms with Gasteiger partial charge in [-0.15, -0.1) is 0 Å². The number of rotatable bonds is 8. The summed E-state index contributed by atoms with van der Waals surface area (Å²) in [6, 6.07) is 17.5. The predicted octanol–water partition coefficient (Wildman–Crippen LogP) is 4.83. The van der Waals surface area contributed by atoms with Crippen LogP contribution in [0.5, 0.6) is 0 Å². The minimum atomic E-state index is -4.32. The number of esters is 1. The molecule has 0 unspecified atom stereocenters.